The number of nitrogens with zero attached hydrogens (tertiary/aromatic N) is 2. The molecule has 1 fully saturated rings. The van der Waals surface area contributed by atoms with E-state index in [-0.39, 0.29) is 11.1 Å². The third-order valence-corrected chi connectivity index (χ3v) is 2.45. The van der Waals surface area contributed by atoms with E-state index < -0.39 is 11.9 Å². The number of aromatic nitrogens is 2. The Morgan fingerprint density at radius 3 is 2.28 bits per heavy atom. The van der Waals surface area contributed by atoms with E-state index in [1.807, 2.05) is 20.8 Å². The number of hydrogen-bond acceptors (Lipinski definition) is 4. The first-order valence-corrected chi connectivity index (χ1v) is 5.53. The van der Waals surface area contributed by atoms with Crippen LogP contribution in [0.5, 0.6) is 0 Å². The van der Waals surface area contributed by atoms with Crippen LogP contribution in [0.1, 0.15) is 32.2 Å². The molecule has 0 unspecified atom stereocenters. The largest absolute Gasteiger partial charge is 0.326 e. The first kappa shape index (κ1) is 12.2. The highest BCUT2D eigenvalue weighted by Gasteiger charge is 2.23. The maximum atomic E-state index is 11.3. The zero-order chi connectivity index (χ0) is 13.3. The van der Waals surface area contributed by atoms with Crippen molar-refractivity contribution in [3.8, 4) is 0 Å². The maximum absolute atomic E-state index is 11.3. The summed E-state index contributed by atoms with van der Waals surface area (Å²) in [5, 5.41) is 4.51. The van der Waals surface area contributed by atoms with Gasteiger partial charge in [0.05, 0.1) is 17.6 Å². The lowest BCUT2D eigenvalue weighted by Gasteiger charge is -2.16. The molecule has 0 bridgehead atoms. The number of amides is 3. The van der Waals surface area contributed by atoms with Gasteiger partial charge in [0, 0.05) is 11.6 Å². The number of urea groups is 1. The quantitative estimate of drug-likeness (QED) is 0.571. The third-order valence-electron chi connectivity index (χ3n) is 2.45. The molecule has 0 atom stereocenters. The molecule has 0 radical (unpaired) electrons. The molecule has 1 aromatic rings. The summed E-state index contributed by atoms with van der Waals surface area (Å²) < 4.78 is 0. The van der Waals surface area contributed by atoms with Crippen molar-refractivity contribution < 1.29 is 9.59 Å². The van der Waals surface area contributed by atoms with Gasteiger partial charge in [-0.1, -0.05) is 20.8 Å². The summed E-state index contributed by atoms with van der Waals surface area (Å²) in [5.41, 5.74) is 1.50. The molecule has 2 N–H and O–H groups in total. The fraction of sp³-hybridized carbons (Fsp3) is 0.333. The van der Waals surface area contributed by atoms with E-state index in [0.29, 0.717) is 5.69 Å². The number of carbonyl (C=O) groups excluding carboxylic acids is 2. The van der Waals surface area contributed by atoms with Gasteiger partial charge in [0.1, 0.15) is 5.70 Å². The molecule has 1 aliphatic rings. The minimum atomic E-state index is -0.523. The van der Waals surface area contributed by atoms with E-state index >= 15 is 0 Å². The Morgan fingerprint density at radius 1 is 1.11 bits per heavy atom. The van der Waals surface area contributed by atoms with Gasteiger partial charge in [-0.2, -0.15) is 0 Å². The van der Waals surface area contributed by atoms with Gasteiger partial charge in [-0.15, -0.1) is 0 Å². The van der Waals surface area contributed by atoms with E-state index in [1.165, 1.54) is 6.08 Å². The van der Waals surface area contributed by atoms with Crippen LogP contribution in [0.4, 0.5) is 4.79 Å². The minimum absolute atomic E-state index is 0.0718. The highest BCUT2D eigenvalue weighted by Crippen LogP contribution is 2.18. The average Bonchev–Trinajstić information content (AvgIpc) is 2.57. The second kappa shape index (κ2) is 4.21. The Kier molecular flexibility index (Phi) is 2.86. The summed E-state index contributed by atoms with van der Waals surface area (Å²) in [7, 11) is 0. The van der Waals surface area contributed by atoms with Crippen LogP contribution in [0.2, 0.25) is 0 Å². The van der Waals surface area contributed by atoms with Crippen molar-refractivity contribution in [2.45, 2.75) is 26.2 Å². The first-order valence-electron chi connectivity index (χ1n) is 5.53. The van der Waals surface area contributed by atoms with Gasteiger partial charge in [-0.25, -0.2) is 4.79 Å². The second-order valence-electron chi connectivity index (χ2n) is 5.04. The van der Waals surface area contributed by atoms with Crippen molar-refractivity contribution in [1.82, 2.24) is 20.6 Å². The van der Waals surface area contributed by atoms with E-state index in [2.05, 4.69) is 20.6 Å². The second-order valence-corrected chi connectivity index (χ2v) is 5.04. The molecule has 0 aromatic carbocycles. The number of carbonyl (C=O) groups is 2. The van der Waals surface area contributed by atoms with E-state index in [4.69, 9.17) is 0 Å². The summed E-state index contributed by atoms with van der Waals surface area (Å²) in [5.74, 6) is -0.457. The molecule has 6 heteroatoms. The van der Waals surface area contributed by atoms with Crippen molar-refractivity contribution in [3.05, 3.63) is 29.5 Å². The van der Waals surface area contributed by atoms with Crippen molar-refractivity contribution >= 4 is 18.0 Å². The normalized spacial score (nSPS) is 17.8. The minimum Gasteiger partial charge on any atom is -0.303 e. The van der Waals surface area contributed by atoms with Gasteiger partial charge in [-0.3, -0.25) is 20.1 Å². The molecule has 0 aliphatic carbocycles. The highest BCUT2D eigenvalue weighted by molar-refractivity contribution is 6.13. The van der Waals surface area contributed by atoms with E-state index in [1.54, 1.807) is 12.4 Å². The van der Waals surface area contributed by atoms with Gasteiger partial charge in [-0.05, 0) is 6.08 Å². The summed E-state index contributed by atoms with van der Waals surface area (Å²) in [6.45, 7) is 6.12. The maximum Gasteiger partial charge on any atom is 0.326 e. The number of rotatable bonds is 1. The van der Waals surface area contributed by atoms with Crippen LogP contribution in [0.25, 0.3) is 6.08 Å². The zero-order valence-electron chi connectivity index (χ0n) is 10.4. The molecule has 6 nitrogen and oxygen atoms in total. The fourth-order valence-electron chi connectivity index (χ4n) is 1.43. The number of imide groups is 1. The molecule has 1 saturated heterocycles. The van der Waals surface area contributed by atoms with Crippen LogP contribution in [0.3, 0.4) is 0 Å². The van der Waals surface area contributed by atoms with Crippen LogP contribution in [-0.4, -0.2) is 21.9 Å². The molecular weight excluding hydrogens is 232 g/mol. The SMILES string of the molecule is CC(C)(C)c1cnc(C=C2NC(=O)NC2=O)cn1. The molecule has 3 amide bonds. The highest BCUT2D eigenvalue weighted by atomic mass is 16.2. The summed E-state index contributed by atoms with van der Waals surface area (Å²) >= 11 is 0. The first-order chi connectivity index (χ1) is 8.36. The van der Waals surface area contributed by atoms with Crippen LogP contribution < -0.4 is 10.6 Å². The average molecular weight is 246 g/mol. The Morgan fingerprint density at radius 2 is 1.83 bits per heavy atom. The molecule has 2 heterocycles. The van der Waals surface area contributed by atoms with Crippen LogP contribution in [-0.2, 0) is 10.2 Å². The lowest BCUT2D eigenvalue weighted by atomic mass is 9.93. The van der Waals surface area contributed by atoms with Crippen molar-refractivity contribution in [2.75, 3.05) is 0 Å². The number of hydrogen-bond donors (Lipinski definition) is 2. The van der Waals surface area contributed by atoms with Gasteiger partial charge >= 0.3 is 6.03 Å². The summed E-state index contributed by atoms with van der Waals surface area (Å²) in [4.78, 5) is 30.7. The molecule has 2 rings (SSSR count). The van der Waals surface area contributed by atoms with E-state index in [0.717, 1.165) is 5.69 Å². The van der Waals surface area contributed by atoms with Crippen molar-refractivity contribution in [1.29, 1.82) is 0 Å². The van der Waals surface area contributed by atoms with Crippen LogP contribution in [0.15, 0.2) is 18.1 Å². The Bertz CT molecular complexity index is 526. The number of nitrogens with one attached hydrogen (secondary N) is 2. The lowest BCUT2D eigenvalue weighted by Crippen LogP contribution is -2.22. The predicted octanol–water partition coefficient (Wildman–Crippen LogP) is 0.954. The Balaban J connectivity index is 2.24. The van der Waals surface area contributed by atoms with Gasteiger partial charge in [0.2, 0.25) is 0 Å². The Hall–Kier alpha value is -2.24. The van der Waals surface area contributed by atoms with Crippen LogP contribution >= 0.6 is 0 Å². The fourth-order valence-corrected chi connectivity index (χ4v) is 1.43. The molecule has 1 aliphatic heterocycles. The third kappa shape index (κ3) is 2.53. The van der Waals surface area contributed by atoms with Gasteiger partial charge in [0.25, 0.3) is 5.91 Å². The zero-order valence-corrected chi connectivity index (χ0v) is 10.4. The van der Waals surface area contributed by atoms with Gasteiger partial charge < -0.3 is 5.32 Å². The molecule has 0 spiro atoms. The molecule has 0 saturated carbocycles. The molecule has 18 heavy (non-hydrogen) atoms. The molecule has 1 aromatic heterocycles. The van der Waals surface area contributed by atoms with Crippen LogP contribution in [0, 0.1) is 0 Å². The smallest absolute Gasteiger partial charge is 0.303 e. The summed E-state index contributed by atoms with van der Waals surface area (Å²) in [6.07, 6.45) is 4.73. The standard InChI is InChI=1S/C12H14N4O2/c1-12(2,3)9-6-13-7(5-14-9)4-8-10(17)16-11(18)15-8/h4-6H,1-3H3,(H2,15,16,17,18). The predicted molar refractivity (Wildman–Crippen MR) is 65.4 cm³/mol. The van der Waals surface area contributed by atoms with Crippen molar-refractivity contribution in [3.63, 3.8) is 0 Å². The van der Waals surface area contributed by atoms with Crippen molar-refractivity contribution in [2.24, 2.45) is 0 Å². The van der Waals surface area contributed by atoms with E-state index in [9.17, 15) is 9.59 Å². The van der Waals surface area contributed by atoms with Gasteiger partial charge in [0.15, 0.2) is 0 Å². The monoisotopic (exact) mass is 246 g/mol. The lowest BCUT2D eigenvalue weighted by molar-refractivity contribution is -0.115. The Labute approximate surface area is 105 Å². The molecular formula is C12H14N4O2. The summed E-state index contributed by atoms with van der Waals surface area (Å²) in [6, 6.07) is -0.523. The molecule has 94 valence electrons. The topological polar surface area (TPSA) is 84.0 Å².